The van der Waals surface area contributed by atoms with Gasteiger partial charge in [-0.2, -0.15) is 0 Å². The SMILES string of the molecule is CCCCn1cc(C=O)nn1. The van der Waals surface area contributed by atoms with E-state index in [9.17, 15) is 4.79 Å². The molecule has 0 unspecified atom stereocenters. The third-order valence-electron chi connectivity index (χ3n) is 1.42. The Morgan fingerprint density at radius 3 is 3.09 bits per heavy atom. The second-order valence-corrected chi connectivity index (χ2v) is 2.38. The van der Waals surface area contributed by atoms with Crippen LogP contribution in [-0.4, -0.2) is 21.3 Å². The van der Waals surface area contributed by atoms with Gasteiger partial charge in [0.15, 0.2) is 6.29 Å². The maximum absolute atomic E-state index is 10.2. The first-order chi connectivity index (χ1) is 5.36. The molecule has 0 amide bonds. The summed E-state index contributed by atoms with van der Waals surface area (Å²) in [7, 11) is 0. The molecule has 0 atom stereocenters. The third kappa shape index (κ3) is 2.14. The van der Waals surface area contributed by atoms with Crippen LogP contribution in [0.1, 0.15) is 30.3 Å². The zero-order valence-corrected chi connectivity index (χ0v) is 6.53. The van der Waals surface area contributed by atoms with Crippen molar-refractivity contribution >= 4 is 6.29 Å². The van der Waals surface area contributed by atoms with E-state index < -0.39 is 0 Å². The number of nitrogens with zero attached hydrogens (tertiary/aromatic N) is 3. The van der Waals surface area contributed by atoms with Crippen LogP contribution in [0.2, 0.25) is 0 Å². The molecule has 1 aromatic rings. The number of hydrogen-bond acceptors (Lipinski definition) is 3. The molecular formula is C7H11N3O. The number of rotatable bonds is 4. The van der Waals surface area contributed by atoms with Crippen molar-refractivity contribution in [3.8, 4) is 0 Å². The van der Waals surface area contributed by atoms with Crippen molar-refractivity contribution in [3.63, 3.8) is 0 Å². The summed E-state index contributed by atoms with van der Waals surface area (Å²) < 4.78 is 1.69. The van der Waals surface area contributed by atoms with Crippen LogP contribution in [0.3, 0.4) is 0 Å². The van der Waals surface area contributed by atoms with Gasteiger partial charge >= 0.3 is 0 Å². The van der Waals surface area contributed by atoms with E-state index in [2.05, 4.69) is 17.2 Å². The minimum absolute atomic E-state index is 0.404. The van der Waals surface area contributed by atoms with E-state index in [-0.39, 0.29) is 0 Å². The highest BCUT2D eigenvalue weighted by atomic mass is 16.1. The molecule has 0 aromatic carbocycles. The fourth-order valence-electron chi connectivity index (χ4n) is 0.797. The van der Waals surface area contributed by atoms with E-state index in [0.717, 1.165) is 19.4 Å². The zero-order chi connectivity index (χ0) is 8.10. The summed E-state index contributed by atoms with van der Waals surface area (Å²) in [5, 5.41) is 7.39. The molecule has 11 heavy (non-hydrogen) atoms. The van der Waals surface area contributed by atoms with Crippen LogP contribution >= 0.6 is 0 Å². The van der Waals surface area contributed by atoms with Crippen LogP contribution in [0.4, 0.5) is 0 Å². The molecule has 4 nitrogen and oxygen atoms in total. The largest absolute Gasteiger partial charge is 0.296 e. The molecule has 0 aliphatic heterocycles. The zero-order valence-electron chi connectivity index (χ0n) is 6.53. The summed E-state index contributed by atoms with van der Waals surface area (Å²) in [5.74, 6) is 0. The average Bonchev–Trinajstić information content (AvgIpc) is 2.48. The number of aldehydes is 1. The molecule has 0 bridgehead atoms. The summed E-state index contributed by atoms with van der Waals surface area (Å²) >= 11 is 0. The highest BCUT2D eigenvalue weighted by Gasteiger charge is 1.96. The summed E-state index contributed by atoms with van der Waals surface area (Å²) in [6.07, 6.45) is 4.55. The Bertz CT molecular complexity index is 231. The van der Waals surface area contributed by atoms with E-state index >= 15 is 0 Å². The van der Waals surface area contributed by atoms with Crippen LogP contribution in [0.5, 0.6) is 0 Å². The van der Waals surface area contributed by atoms with Gasteiger partial charge in [0.2, 0.25) is 0 Å². The van der Waals surface area contributed by atoms with Crippen molar-refractivity contribution in [3.05, 3.63) is 11.9 Å². The molecule has 60 valence electrons. The molecule has 0 radical (unpaired) electrons. The van der Waals surface area contributed by atoms with Crippen molar-refractivity contribution in [1.29, 1.82) is 0 Å². The van der Waals surface area contributed by atoms with Gasteiger partial charge in [-0.05, 0) is 6.42 Å². The summed E-state index contributed by atoms with van der Waals surface area (Å²) in [5.41, 5.74) is 0.404. The van der Waals surface area contributed by atoms with Gasteiger partial charge in [-0.3, -0.25) is 9.48 Å². The standard InChI is InChI=1S/C7H11N3O/c1-2-3-4-10-5-7(6-11)8-9-10/h5-6H,2-4H2,1H3. The van der Waals surface area contributed by atoms with Crippen LogP contribution in [0.15, 0.2) is 6.20 Å². The van der Waals surface area contributed by atoms with E-state index in [0.29, 0.717) is 12.0 Å². The molecule has 1 rings (SSSR count). The van der Waals surface area contributed by atoms with Crippen LogP contribution in [0.25, 0.3) is 0 Å². The summed E-state index contributed by atoms with van der Waals surface area (Å²) in [4.78, 5) is 10.2. The molecule has 0 N–H and O–H groups in total. The molecule has 0 aliphatic carbocycles. The van der Waals surface area contributed by atoms with E-state index in [1.165, 1.54) is 0 Å². The fourth-order valence-corrected chi connectivity index (χ4v) is 0.797. The minimum Gasteiger partial charge on any atom is -0.296 e. The maximum Gasteiger partial charge on any atom is 0.171 e. The van der Waals surface area contributed by atoms with Crippen molar-refractivity contribution < 1.29 is 4.79 Å². The Hall–Kier alpha value is -1.19. The fraction of sp³-hybridized carbons (Fsp3) is 0.571. The highest BCUT2D eigenvalue weighted by molar-refractivity contribution is 5.70. The first-order valence-corrected chi connectivity index (χ1v) is 3.72. The van der Waals surface area contributed by atoms with Crippen molar-refractivity contribution in [2.75, 3.05) is 0 Å². The second kappa shape index (κ2) is 3.85. The Morgan fingerprint density at radius 2 is 2.55 bits per heavy atom. The van der Waals surface area contributed by atoms with Crippen molar-refractivity contribution in [1.82, 2.24) is 15.0 Å². The molecule has 0 saturated heterocycles. The summed E-state index contributed by atoms with van der Waals surface area (Å²) in [6, 6.07) is 0. The molecule has 0 saturated carbocycles. The number of aryl methyl sites for hydroxylation is 1. The van der Waals surface area contributed by atoms with Gasteiger partial charge in [0.25, 0.3) is 0 Å². The lowest BCUT2D eigenvalue weighted by atomic mass is 10.3. The molecule has 4 heteroatoms. The van der Waals surface area contributed by atoms with E-state index in [1.807, 2.05) is 0 Å². The third-order valence-corrected chi connectivity index (χ3v) is 1.42. The number of unbranched alkanes of at least 4 members (excludes halogenated alkanes) is 1. The van der Waals surface area contributed by atoms with Crippen molar-refractivity contribution in [2.24, 2.45) is 0 Å². The highest BCUT2D eigenvalue weighted by Crippen LogP contribution is 1.93. The average molecular weight is 153 g/mol. The lowest BCUT2D eigenvalue weighted by molar-refractivity contribution is 0.111. The molecule has 0 fully saturated rings. The van der Waals surface area contributed by atoms with Crippen LogP contribution in [0, 0.1) is 0 Å². The predicted octanol–water partition coefficient (Wildman–Crippen LogP) is 0.891. The van der Waals surface area contributed by atoms with Crippen LogP contribution in [-0.2, 0) is 6.54 Å². The smallest absolute Gasteiger partial charge is 0.171 e. The number of carbonyl (C=O) groups is 1. The van der Waals surface area contributed by atoms with Gasteiger partial charge < -0.3 is 0 Å². The van der Waals surface area contributed by atoms with E-state index in [1.54, 1.807) is 10.9 Å². The number of hydrogen-bond donors (Lipinski definition) is 0. The van der Waals surface area contributed by atoms with Crippen molar-refractivity contribution in [2.45, 2.75) is 26.3 Å². The lowest BCUT2D eigenvalue weighted by Gasteiger charge is -1.94. The Kier molecular flexibility index (Phi) is 2.77. The van der Waals surface area contributed by atoms with Gasteiger partial charge in [-0.25, -0.2) is 0 Å². The number of aromatic nitrogens is 3. The van der Waals surface area contributed by atoms with Crippen LogP contribution < -0.4 is 0 Å². The second-order valence-electron chi connectivity index (χ2n) is 2.38. The topological polar surface area (TPSA) is 47.8 Å². The lowest BCUT2D eigenvalue weighted by Crippen LogP contribution is -1.97. The number of carbonyl (C=O) groups excluding carboxylic acids is 1. The molecule has 0 aliphatic rings. The van der Waals surface area contributed by atoms with Gasteiger partial charge in [-0.15, -0.1) is 5.10 Å². The molecule has 1 heterocycles. The summed E-state index contributed by atoms with van der Waals surface area (Å²) in [6.45, 7) is 2.95. The minimum atomic E-state index is 0.404. The molecule has 1 aromatic heterocycles. The maximum atomic E-state index is 10.2. The Labute approximate surface area is 65.2 Å². The van der Waals surface area contributed by atoms with Gasteiger partial charge in [0, 0.05) is 6.54 Å². The monoisotopic (exact) mass is 153 g/mol. The van der Waals surface area contributed by atoms with Gasteiger partial charge in [0.05, 0.1) is 6.20 Å². The van der Waals surface area contributed by atoms with E-state index in [4.69, 9.17) is 0 Å². The quantitative estimate of drug-likeness (QED) is 0.603. The first kappa shape index (κ1) is 7.91. The predicted molar refractivity (Wildman–Crippen MR) is 40.3 cm³/mol. The molecule has 0 spiro atoms. The Balaban J connectivity index is 2.51. The van der Waals surface area contributed by atoms with Gasteiger partial charge in [-0.1, -0.05) is 18.6 Å². The first-order valence-electron chi connectivity index (χ1n) is 3.72. The normalized spacial score (nSPS) is 9.91. The Morgan fingerprint density at radius 1 is 1.73 bits per heavy atom. The van der Waals surface area contributed by atoms with Gasteiger partial charge in [0.1, 0.15) is 5.69 Å². The molecular weight excluding hydrogens is 142 g/mol.